The van der Waals surface area contributed by atoms with E-state index in [2.05, 4.69) is 44.1 Å². The first kappa shape index (κ1) is 14.4. The maximum atomic E-state index is 4.54. The van der Waals surface area contributed by atoms with Crippen LogP contribution >= 0.6 is 11.3 Å². The predicted molar refractivity (Wildman–Crippen MR) is 85.6 cm³/mol. The molecule has 0 fully saturated rings. The Kier molecular flexibility index (Phi) is 4.17. The van der Waals surface area contributed by atoms with Crippen molar-refractivity contribution in [3.8, 4) is 0 Å². The molecule has 0 saturated carbocycles. The number of aromatic nitrogens is 3. The monoisotopic (exact) mass is 303 g/mol. The summed E-state index contributed by atoms with van der Waals surface area (Å²) >= 11 is 1.70. The smallest absolute Gasteiger partial charge is 0.136 e. The number of likely N-dealkylation sites (N-methyl/N-ethyl adjacent to an activating group) is 1. The van der Waals surface area contributed by atoms with E-state index in [1.807, 2.05) is 6.92 Å². The van der Waals surface area contributed by atoms with Crippen LogP contribution in [0.1, 0.15) is 28.9 Å². The first-order chi connectivity index (χ1) is 10.2. The van der Waals surface area contributed by atoms with Crippen molar-refractivity contribution >= 4 is 17.2 Å². The van der Waals surface area contributed by atoms with Gasteiger partial charge in [-0.3, -0.25) is 4.90 Å². The van der Waals surface area contributed by atoms with Gasteiger partial charge in [0.2, 0.25) is 0 Å². The van der Waals surface area contributed by atoms with Gasteiger partial charge in [0.25, 0.3) is 0 Å². The van der Waals surface area contributed by atoms with Gasteiger partial charge in [-0.05, 0) is 13.5 Å². The third kappa shape index (κ3) is 3.06. The lowest BCUT2D eigenvalue weighted by Gasteiger charge is -2.30. The van der Waals surface area contributed by atoms with E-state index in [1.54, 1.807) is 17.7 Å². The summed E-state index contributed by atoms with van der Waals surface area (Å²) in [6, 6.07) is 0. The van der Waals surface area contributed by atoms with Gasteiger partial charge in [-0.2, -0.15) is 0 Å². The first-order valence-corrected chi connectivity index (χ1v) is 8.22. The minimum atomic E-state index is 0.792. The van der Waals surface area contributed by atoms with Crippen LogP contribution < -0.4 is 4.90 Å². The van der Waals surface area contributed by atoms with Crippen molar-refractivity contribution in [1.82, 2.24) is 19.9 Å². The van der Waals surface area contributed by atoms with Crippen molar-refractivity contribution in [1.29, 1.82) is 0 Å². The number of fused-ring (bicyclic) bond motifs is 1. The van der Waals surface area contributed by atoms with Gasteiger partial charge < -0.3 is 4.90 Å². The van der Waals surface area contributed by atoms with E-state index in [4.69, 9.17) is 0 Å². The highest BCUT2D eigenvalue weighted by Crippen LogP contribution is 2.26. The van der Waals surface area contributed by atoms with Crippen LogP contribution in [0.3, 0.4) is 0 Å². The fourth-order valence-electron chi connectivity index (χ4n) is 2.78. The maximum absolute atomic E-state index is 4.54. The summed E-state index contributed by atoms with van der Waals surface area (Å²) in [5.41, 5.74) is 3.58. The Labute approximate surface area is 129 Å². The molecule has 0 radical (unpaired) electrons. The van der Waals surface area contributed by atoms with Gasteiger partial charge >= 0.3 is 0 Å². The SMILES string of the molecule is CCN1CCc2ncnc(N(C)Cc3csc(C)n3)c2C1. The number of nitrogens with zero attached hydrogens (tertiary/aromatic N) is 5. The second-order valence-corrected chi connectivity index (χ2v) is 6.52. The Morgan fingerprint density at radius 1 is 1.38 bits per heavy atom. The highest BCUT2D eigenvalue weighted by atomic mass is 32.1. The fraction of sp³-hybridized carbons (Fsp3) is 0.533. The third-order valence-corrected chi connectivity index (χ3v) is 4.76. The van der Waals surface area contributed by atoms with Gasteiger partial charge in [0.05, 0.1) is 22.9 Å². The quantitative estimate of drug-likeness (QED) is 0.867. The van der Waals surface area contributed by atoms with Crippen LogP contribution in [0.5, 0.6) is 0 Å². The fourth-order valence-corrected chi connectivity index (χ4v) is 3.38. The van der Waals surface area contributed by atoms with Crippen LogP contribution in [-0.2, 0) is 19.5 Å². The van der Waals surface area contributed by atoms with E-state index >= 15 is 0 Å². The zero-order valence-corrected chi connectivity index (χ0v) is 13.7. The highest BCUT2D eigenvalue weighted by Gasteiger charge is 2.22. The summed E-state index contributed by atoms with van der Waals surface area (Å²) in [6.07, 6.45) is 2.71. The molecule has 2 aromatic heterocycles. The molecule has 2 aromatic rings. The minimum Gasteiger partial charge on any atom is -0.353 e. The molecule has 1 aliphatic heterocycles. The molecule has 3 rings (SSSR count). The Balaban J connectivity index is 1.84. The molecule has 0 atom stereocenters. The van der Waals surface area contributed by atoms with E-state index < -0.39 is 0 Å². The van der Waals surface area contributed by atoms with E-state index in [9.17, 15) is 0 Å². The number of hydrogen-bond acceptors (Lipinski definition) is 6. The molecule has 3 heterocycles. The minimum absolute atomic E-state index is 0.792. The topological polar surface area (TPSA) is 45.2 Å². The van der Waals surface area contributed by atoms with E-state index in [0.717, 1.165) is 49.1 Å². The van der Waals surface area contributed by atoms with Gasteiger partial charge in [0, 0.05) is 37.5 Å². The molecule has 112 valence electrons. The highest BCUT2D eigenvalue weighted by molar-refractivity contribution is 7.09. The van der Waals surface area contributed by atoms with Crippen LogP contribution in [0.25, 0.3) is 0 Å². The summed E-state index contributed by atoms with van der Waals surface area (Å²) in [4.78, 5) is 18.2. The van der Waals surface area contributed by atoms with E-state index in [1.165, 1.54) is 11.3 Å². The molecule has 0 aromatic carbocycles. The Morgan fingerprint density at radius 3 is 2.95 bits per heavy atom. The molecule has 0 aliphatic carbocycles. The van der Waals surface area contributed by atoms with Gasteiger partial charge in [0.1, 0.15) is 12.1 Å². The molecule has 0 amide bonds. The maximum Gasteiger partial charge on any atom is 0.136 e. The number of thiazole rings is 1. The molecule has 0 spiro atoms. The number of hydrogen-bond donors (Lipinski definition) is 0. The van der Waals surface area contributed by atoms with Gasteiger partial charge in [-0.1, -0.05) is 6.92 Å². The van der Waals surface area contributed by atoms with Crippen molar-refractivity contribution in [3.05, 3.63) is 33.7 Å². The lowest BCUT2D eigenvalue weighted by molar-refractivity contribution is 0.265. The van der Waals surface area contributed by atoms with Gasteiger partial charge in [-0.15, -0.1) is 11.3 Å². The van der Waals surface area contributed by atoms with Crippen LogP contribution in [0, 0.1) is 6.92 Å². The lowest BCUT2D eigenvalue weighted by Crippen LogP contribution is -2.33. The van der Waals surface area contributed by atoms with Crippen LogP contribution in [0.4, 0.5) is 5.82 Å². The van der Waals surface area contributed by atoms with E-state index in [-0.39, 0.29) is 0 Å². The molecule has 1 aliphatic rings. The second-order valence-electron chi connectivity index (χ2n) is 5.46. The molecule has 0 saturated heterocycles. The Hall–Kier alpha value is -1.53. The lowest BCUT2D eigenvalue weighted by atomic mass is 10.1. The van der Waals surface area contributed by atoms with Crippen LogP contribution in [-0.4, -0.2) is 40.0 Å². The number of rotatable bonds is 4. The molecular weight excluding hydrogens is 282 g/mol. The average Bonchev–Trinajstić information content (AvgIpc) is 2.91. The predicted octanol–water partition coefficient (Wildman–Crippen LogP) is 2.26. The normalized spacial score (nSPS) is 15.0. The van der Waals surface area contributed by atoms with Crippen molar-refractivity contribution in [3.63, 3.8) is 0 Å². The summed E-state index contributed by atoms with van der Waals surface area (Å²) in [7, 11) is 2.09. The zero-order valence-electron chi connectivity index (χ0n) is 12.8. The molecule has 0 bridgehead atoms. The number of anilines is 1. The van der Waals surface area contributed by atoms with E-state index in [0.29, 0.717) is 0 Å². The van der Waals surface area contributed by atoms with Gasteiger partial charge in [0.15, 0.2) is 0 Å². The summed E-state index contributed by atoms with van der Waals surface area (Å²) < 4.78 is 0. The molecule has 0 unspecified atom stereocenters. The third-order valence-electron chi connectivity index (χ3n) is 3.93. The Morgan fingerprint density at radius 2 is 2.24 bits per heavy atom. The molecule has 6 heteroatoms. The van der Waals surface area contributed by atoms with Crippen molar-refractivity contribution in [2.75, 3.05) is 25.0 Å². The summed E-state index contributed by atoms with van der Waals surface area (Å²) in [5, 5.41) is 3.23. The zero-order chi connectivity index (χ0) is 14.8. The Bertz CT molecular complexity index is 624. The van der Waals surface area contributed by atoms with Crippen LogP contribution in [0.15, 0.2) is 11.7 Å². The molecule has 21 heavy (non-hydrogen) atoms. The van der Waals surface area contributed by atoms with Gasteiger partial charge in [-0.25, -0.2) is 15.0 Å². The molecule has 5 nitrogen and oxygen atoms in total. The standard InChI is InChI=1S/C15H21N5S/c1-4-20-6-5-14-13(8-20)15(17-10-16-14)19(3)7-12-9-21-11(2)18-12/h9-10H,4-8H2,1-3H3. The summed E-state index contributed by atoms with van der Waals surface area (Å²) in [5.74, 6) is 1.05. The number of aryl methyl sites for hydroxylation is 1. The molecular formula is C15H21N5S. The van der Waals surface area contributed by atoms with Crippen molar-refractivity contribution in [2.45, 2.75) is 33.4 Å². The second kappa shape index (κ2) is 6.07. The largest absolute Gasteiger partial charge is 0.353 e. The first-order valence-electron chi connectivity index (χ1n) is 7.34. The van der Waals surface area contributed by atoms with Crippen molar-refractivity contribution < 1.29 is 0 Å². The molecule has 0 N–H and O–H groups in total. The summed E-state index contributed by atoms with van der Waals surface area (Å²) in [6.45, 7) is 8.15. The van der Waals surface area contributed by atoms with Crippen LogP contribution in [0.2, 0.25) is 0 Å². The average molecular weight is 303 g/mol. The van der Waals surface area contributed by atoms with Crippen molar-refractivity contribution in [2.24, 2.45) is 0 Å².